The Kier molecular flexibility index (Phi) is 10.4. The lowest BCUT2D eigenvalue weighted by Gasteiger charge is -2.08. The van der Waals surface area contributed by atoms with E-state index in [4.69, 9.17) is 4.74 Å². The summed E-state index contributed by atoms with van der Waals surface area (Å²) in [6.45, 7) is 1.65. The van der Waals surface area contributed by atoms with E-state index >= 15 is 0 Å². The molecular weight excluding hydrogens is 288 g/mol. The van der Waals surface area contributed by atoms with Crippen molar-refractivity contribution in [3.8, 4) is 0 Å². The molecule has 0 spiro atoms. The molecule has 7 nitrogen and oxygen atoms in total. The minimum Gasteiger partial charge on any atom is -0.464 e. The molecule has 0 aromatic heterocycles. The van der Waals surface area contributed by atoms with E-state index in [1.807, 2.05) is 0 Å². The molecule has 22 heavy (non-hydrogen) atoms. The van der Waals surface area contributed by atoms with Crippen LogP contribution >= 0.6 is 0 Å². The predicted molar refractivity (Wildman–Crippen MR) is 81.9 cm³/mol. The highest BCUT2D eigenvalue weighted by molar-refractivity contribution is 5.77. The third-order valence-corrected chi connectivity index (χ3v) is 3.84. The number of esters is 1. The van der Waals surface area contributed by atoms with Gasteiger partial charge in [0.2, 0.25) is 0 Å². The number of hydrogen-bond acceptors (Lipinski definition) is 6. The second-order valence-corrected chi connectivity index (χ2v) is 5.70. The number of ether oxygens (including phenoxy) is 1. The van der Waals surface area contributed by atoms with Crippen molar-refractivity contribution in [3.63, 3.8) is 0 Å². The molecule has 0 aromatic rings. The zero-order chi connectivity index (χ0) is 16.0. The van der Waals surface area contributed by atoms with Gasteiger partial charge in [-0.05, 0) is 19.4 Å². The summed E-state index contributed by atoms with van der Waals surface area (Å²) in [6.07, 6.45) is 10.8. The third kappa shape index (κ3) is 9.55. The van der Waals surface area contributed by atoms with Crippen LogP contribution in [0.3, 0.4) is 0 Å². The first-order valence-corrected chi connectivity index (χ1v) is 8.37. The number of unbranched alkanes of at least 4 members (excludes halogenated alkanes) is 8. The summed E-state index contributed by atoms with van der Waals surface area (Å²) >= 11 is 0. The van der Waals surface area contributed by atoms with Crippen LogP contribution in [0.4, 0.5) is 0 Å². The van der Waals surface area contributed by atoms with Crippen LogP contribution in [0.2, 0.25) is 0 Å². The van der Waals surface area contributed by atoms with Gasteiger partial charge in [0.15, 0.2) is 0 Å². The lowest BCUT2D eigenvalue weighted by Crippen LogP contribution is -2.33. The first kappa shape index (κ1) is 18.7. The first-order chi connectivity index (χ1) is 10.7. The number of rotatable bonds is 14. The fraction of sp³-hybridized carbons (Fsp3) is 0.933. The lowest BCUT2D eigenvalue weighted by molar-refractivity contribution is -0.757. The van der Waals surface area contributed by atoms with Crippen molar-refractivity contribution >= 4 is 5.97 Å². The van der Waals surface area contributed by atoms with E-state index < -0.39 is 5.09 Å². The van der Waals surface area contributed by atoms with Gasteiger partial charge >= 0.3 is 5.97 Å². The van der Waals surface area contributed by atoms with Gasteiger partial charge in [0.1, 0.15) is 6.04 Å². The van der Waals surface area contributed by atoms with Crippen LogP contribution in [0.5, 0.6) is 0 Å². The van der Waals surface area contributed by atoms with Gasteiger partial charge in [-0.15, -0.1) is 10.1 Å². The molecule has 1 aliphatic heterocycles. The molecule has 1 N–H and O–H groups in total. The number of hydrogen-bond donors (Lipinski definition) is 1. The summed E-state index contributed by atoms with van der Waals surface area (Å²) in [5, 5.41) is 12.4. The SMILES string of the molecule is O=C1OCCC1NCCCCCCCCCCCO[N+](=O)[O-]. The molecule has 1 fully saturated rings. The minimum atomic E-state index is -0.732. The molecule has 0 radical (unpaired) electrons. The molecule has 0 aliphatic carbocycles. The van der Waals surface area contributed by atoms with Gasteiger partial charge < -0.3 is 14.9 Å². The summed E-state index contributed by atoms with van der Waals surface area (Å²) in [4.78, 5) is 25.4. The maximum absolute atomic E-state index is 11.2. The highest BCUT2D eigenvalue weighted by atomic mass is 16.9. The molecule has 1 rings (SSSR count). The lowest BCUT2D eigenvalue weighted by atomic mass is 10.1. The number of nitrogens with zero attached hydrogens (tertiary/aromatic N) is 1. The van der Waals surface area contributed by atoms with Crippen molar-refractivity contribution in [2.75, 3.05) is 19.8 Å². The van der Waals surface area contributed by atoms with Crippen molar-refractivity contribution in [2.45, 2.75) is 70.3 Å². The van der Waals surface area contributed by atoms with Crippen LogP contribution < -0.4 is 5.32 Å². The zero-order valence-electron chi connectivity index (χ0n) is 13.3. The molecule has 0 saturated carbocycles. The Morgan fingerprint density at radius 3 is 2.23 bits per heavy atom. The van der Waals surface area contributed by atoms with E-state index in [1.165, 1.54) is 32.1 Å². The molecule has 1 atom stereocenters. The zero-order valence-corrected chi connectivity index (χ0v) is 13.3. The average Bonchev–Trinajstić information content (AvgIpc) is 2.89. The van der Waals surface area contributed by atoms with Gasteiger partial charge in [-0.2, -0.15) is 0 Å². The van der Waals surface area contributed by atoms with Gasteiger partial charge in [-0.25, -0.2) is 0 Å². The maximum atomic E-state index is 11.2. The van der Waals surface area contributed by atoms with Crippen LogP contribution in [0.25, 0.3) is 0 Å². The fourth-order valence-corrected chi connectivity index (χ4v) is 2.56. The van der Waals surface area contributed by atoms with Crippen molar-refractivity contribution < 1.29 is 19.5 Å². The first-order valence-electron chi connectivity index (χ1n) is 8.37. The van der Waals surface area contributed by atoms with Crippen LogP contribution in [-0.2, 0) is 14.4 Å². The molecule has 1 aliphatic rings. The van der Waals surface area contributed by atoms with Gasteiger partial charge in [0, 0.05) is 6.42 Å². The topological polar surface area (TPSA) is 90.7 Å². The van der Waals surface area contributed by atoms with E-state index in [-0.39, 0.29) is 18.6 Å². The second-order valence-electron chi connectivity index (χ2n) is 5.70. The molecule has 128 valence electrons. The quantitative estimate of drug-likeness (QED) is 0.229. The van der Waals surface area contributed by atoms with E-state index in [9.17, 15) is 14.9 Å². The Morgan fingerprint density at radius 2 is 1.68 bits per heavy atom. The van der Waals surface area contributed by atoms with Gasteiger partial charge in [-0.1, -0.05) is 44.9 Å². The highest BCUT2D eigenvalue weighted by Gasteiger charge is 2.25. The van der Waals surface area contributed by atoms with Gasteiger partial charge in [0.25, 0.3) is 5.09 Å². The molecule has 1 saturated heterocycles. The summed E-state index contributed by atoms with van der Waals surface area (Å²) in [7, 11) is 0. The van der Waals surface area contributed by atoms with Crippen LogP contribution in [0, 0.1) is 10.1 Å². The van der Waals surface area contributed by atoms with E-state index in [0.29, 0.717) is 6.61 Å². The predicted octanol–water partition coefficient (Wildman–Crippen LogP) is 2.61. The number of cyclic esters (lactones) is 1. The van der Waals surface area contributed by atoms with E-state index in [2.05, 4.69) is 10.2 Å². The smallest absolute Gasteiger partial charge is 0.323 e. The Labute approximate surface area is 131 Å². The summed E-state index contributed by atoms with van der Waals surface area (Å²) < 4.78 is 4.89. The van der Waals surface area contributed by atoms with E-state index in [0.717, 1.165) is 38.6 Å². The largest absolute Gasteiger partial charge is 0.464 e. The standard InChI is InChI=1S/C15H28N2O5/c18-15-14(10-13-21-15)16-11-8-6-4-2-1-3-5-7-9-12-22-17(19)20/h14,16H,1-13H2. The molecule has 0 bridgehead atoms. The Balaban J connectivity index is 1.73. The Bertz CT molecular complexity index is 325. The van der Waals surface area contributed by atoms with Crippen LogP contribution in [-0.4, -0.2) is 36.9 Å². The van der Waals surface area contributed by atoms with Gasteiger partial charge in [0.05, 0.1) is 13.2 Å². The Morgan fingerprint density at radius 1 is 1.09 bits per heavy atom. The summed E-state index contributed by atoms with van der Waals surface area (Å²) in [5.74, 6) is -0.108. The normalized spacial score (nSPS) is 17.5. The van der Waals surface area contributed by atoms with Crippen molar-refractivity contribution in [2.24, 2.45) is 0 Å². The maximum Gasteiger partial charge on any atom is 0.323 e. The summed E-state index contributed by atoms with van der Waals surface area (Å²) in [6, 6.07) is -0.0840. The average molecular weight is 316 g/mol. The summed E-state index contributed by atoms with van der Waals surface area (Å²) in [5.41, 5.74) is 0. The third-order valence-electron chi connectivity index (χ3n) is 3.84. The van der Waals surface area contributed by atoms with Crippen molar-refractivity contribution in [3.05, 3.63) is 10.1 Å². The van der Waals surface area contributed by atoms with E-state index in [1.54, 1.807) is 0 Å². The fourth-order valence-electron chi connectivity index (χ4n) is 2.56. The number of carbonyl (C=O) groups excluding carboxylic acids is 1. The minimum absolute atomic E-state index is 0.0840. The second kappa shape index (κ2) is 12.2. The molecular formula is C15H28N2O5. The number of carbonyl (C=O) groups is 1. The Hall–Kier alpha value is -1.37. The van der Waals surface area contributed by atoms with Crippen molar-refractivity contribution in [1.29, 1.82) is 0 Å². The van der Waals surface area contributed by atoms with Crippen molar-refractivity contribution in [1.82, 2.24) is 5.32 Å². The van der Waals surface area contributed by atoms with Crippen LogP contribution in [0.15, 0.2) is 0 Å². The highest BCUT2D eigenvalue weighted by Crippen LogP contribution is 2.10. The van der Waals surface area contributed by atoms with Crippen LogP contribution in [0.1, 0.15) is 64.2 Å². The monoisotopic (exact) mass is 316 g/mol. The molecule has 0 amide bonds. The molecule has 0 aromatic carbocycles. The number of nitrogens with one attached hydrogen (secondary N) is 1. The molecule has 7 heteroatoms. The van der Waals surface area contributed by atoms with Gasteiger partial charge in [-0.3, -0.25) is 4.79 Å². The molecule has 1 unspecified atom stereocenters. The molecule has 1 heterocycles.